The molecule has 0 aliphatic rings. The molecule has 1 aromatic carbocycles. The number of halogens is 3. The fourth-order valence-electron chi connectivity index (χ4n) is 1.42. The third kappa shape index (κ3) is 3.05. The molecule has 2 N–H and O–H groups in total. The number of pyridine rings is 1. The number of carboxylic acid groups (broad SMARTS) is 1. The molecule has 0 atom stereocenters. The Kier molecular flexibility index (Phi) is 3.75. The molecule has 0 aliphatic heterocycles. The van der Waals surface area contributed by atoms with E-state index < -0.39 is 17.6 Å². The van der Waals surface area contributed by atoms with Gasteiger partial charge in [0.05, 0.1) is 11.9 Å². The van der Waals surface area contributed by atoms with E-state index in [4.69, 9.17) is 5.11 Å². The van der Waals surface area contributed by atoms with Gasteiger partial charge in [-0.05, 0) is 40.2 Å². The quantitative estimate of drug-likeness (QED) is 0.904. The van der Waals surface area contributed by atoms with Crippen molar-refractivity contribution in [2.45, 2.75) is 0 Å². The van der Waals surface area contributed by atoms with Gasteiger partial charge in [0.15, 0.2) is 0 Å². The van der Waals surface area contributed by atoms with Gasteiger partial charge in [-0.3, -0.25) is 0 Å². The molecular weight excluding hydrogens is 322 g/mol. The maximum Gasteiger partial charge on any atom is 0.339 e. The van der Waals surface area contributed by atoms with E-state index in [2.05, 4.69) is 26.2 Å². The predicted molar refractivity (Wildman–Crippen MR) is 68.5 cm³/mol. The van der Waals surface area contributed by atoms with Gasteiger partial charge in [-0.25, -0.2) is 18.6 Å². The van der Waals surface area contributed by atoms with E-state index in [9.17, 15) is 13.6 Å². The monoisotopic (exact) mass is 328 g/mol. The third-order valence-corrected chi connectivity index (χ3v) is 2.93. The summed E-state index contributed by atoms with van der Waals surface area (Å²) in [5, 5.41) is 11.7. The number of carbonyl (C=O) groups is 1. The highest BCUT2D eigenvalue weighted by atomic mass is 79.9. The molecule has 0 unspecified atom stereocenters. The molecule has 4 nitrogen and oxygen atoms in total. The van der Waals surface area contributed by atoms with Crippen molar-refractivity contribution >= 4 is 33.4 Å². The summed E-state index contributed by atoms with van der Waals surface area (Å²) in [6, 6.07) is 4.69. The minimum Gasteiger partial charge on any atom is -0.478 e. The highest BCUT2D eigenvalue weighted by Gasteiger charge is 2.14. The highest BCUT2D eigenvalue weighted by Crippen LogP contribution is 2.27. The Morgan fingerprint density at radius 1 is 1.26 bits per heavy atom. The minimum absolute atomic E-state index is 0.0267. The van der Waals surface area contributed by atoms with E-state index in [1.54, 1.807) is 0 Å². The lowest BCUT2D eigenvalue weighted by Gasteiger charge is -2.10. The van der Waals surface area contributed by atoms with Crippen LogP contribution in [0.3, 0.4) is 0 Å². The van der Waals surface area contributed by atoms with Gasteiger partial charge in [-0.15, -0.1) is 0 Å². The first kappa shape index (κ1) is 13.4. The van der Waals surface area contributed by atoms with E-state index in [0.29, 0.717) is 10.2 Å². The molecule has 0 aliphatic carbocycles. The lowest BCUT2D eigenvalue weighted by Crippen LogP contribution is -2.06. The zero-order valence-electron chi connectivity index (χ0n) is 9.32. The number of hydrogen-bond acceptors (Lipinski definition) is 3. The molecule has 1 aromatic heterocycles. The number of anilines is 2. The molecule has 98 valence electrons. The van der Waals surface area contributed by atoms with Gasteiger partial charge in [0, 0.05) is 4.47 Å². The summed E-state index contributed by atoms with van der Waals surface area (Å²) in [4.78, 5) is 14.7. The number of nitrogens with zero attached hydrogens (tertiary/aromatic N) is 1. The summed E-state index contributed by atoms with van der Waals surface area (Å²) >= 11 is 3.13. The molecule has 0 saturated heterocycles. The van der Waals surface area contributed by atoms with Gasteiger partial charge in [0.2, 0.25) is 0 Å². The van der Waals surface area contributed by atoms with Crippen molar-refractivity contribution in [2.24, 2.45) is 0 Å². The van der Waals surface area contributed by atoms with Crippen LogP contribution in [0.1, 0.15) is 10.4 Å². The van der Waals surface area contributed by atoms with Crippen LogP contribution in [-0.2, 0) is 0 Å². The van der Waals surface area contributed by atoms with Crippen LogP contribution >= 0.6 is 15.9 Å². The maximum absolute atomic E-state index is 13.0. The van der Waals surface area contributed by atoms with Gasteiger partial charge in [-0.1, -0.05) is 0 Å². The molecule has 0 fully saturated rings. The van der Waals surface area contributed by atoms with Crippen molar-refractivity contribution in [2.75, 3.05) is 5.32 Å². The predicted octanol–water partition coefficient (Wildman–Crippen LogP) is 3.56. The minimum atomic E-state index is -1.31. The van der Waals surface area contributed by atoms with E-state index in [0.717, 1.165) is 12.3 Å². The molecule has 2 aromatic rings. The van der Waals surface area contributed by atoms with Gasteiger partial charge in [0.1, 0.15) is 23.0 Å². The van der Waals surface area contributed by atoms with Gasteiger partial charge < -0.3 is 10.4 Å². The van der Waals surface area contributed by atoms with Crippen LogP contribution in [0.2, 0.25) is 0 Å². The summed E-state index contributed by atoms with van der Waals surface area (Å²) in [7, 11) is 0. The lowest BCUT2D eigenvalue weighted by molar-refractivity contribution is 0.0697. The number of aromatic nitrogens is 1. The Balaban J connectivity index is 2.40. The number of hydrogen-bond donors (Lipinski definition) is 2. The second kappa shape index (κ2) is 5.31. The van der Waals surface area contributed by atoms with Crippen LogP contribution in [0.4, 0.5) is 20.3 Å². The van der Waals surface area contributed by atoms with Crippen LogP contribution in [-0.4, -0.2) is 16.1 Å². The number of benzene rings is 1. The molecule has 0 saturated carbocycles. The first-order valence-electron chi connectivity index (χ1n) is 5.08. The molecule has 0 bridgehead atoms. The van der Waals surface area contributed by atoms with E-state index >= 15 is 0 Å². The fourth-order valence-corrected chi connectivity index (χ4v) is 1.87. The average Bonchev–Trinajstić information content (AvgIpc) is 2.34. The maximum atomic E-state index is 13.0. The van der Waals surface area contributed by atoms with Crippen LogP contribution in [0.5, 0.6) is 0 Å². The zero-order chi connectivity index (χ0) is 14.0. The molecule has 0 radical (unpaired) electrons. The Morgan fingerprint density at radius 2 is 2.00 bits per heavy atom. The van der Waals surface area contributed by atoms with E-state index in [1.165, 1.54) is 18.2 Å². The summed E-state index contributed by atoms with van der Waals surface area (Å²) in [5.41, 5.74) is 0.110. The van der Waals surface area contributed by atoms with Crippen LogP contribution < -0.4 is 5.32 Å². The number of rotatable bonds is 3. The standard InChI is InChI=1S/C12H7BrF2N2O2/c13-9-4-6(14)1-2-10(9)17-11-8(12(18)19)3-7(15)5-16-11/h1-5H,(H,16,17)(H,18,19). The van der Waals surface area contributed by atoms with Gasteiger partial charge >= 0.3 is 5.97 Å². The molecule has 0 amide bonds. The second-order valence-electron chi connectivity index (χ2n) is 3.60. The molecule has 0 spiro atoms. The zero-order valence-corrected chi connectivity index (χ0v) is 10.9. The summed E-state index contributed by atoms with van der Waals surface area (Å²) in [5.74, 6) is -2.53. The molecule has 1 heterocycles. The topological polar surface area (TPSA) is 62.2 Å². The second-order valence-corrected chi connectivity index (χ2v) is 4.46. The normalized spacial score (nSPS) is 10.3. The van der Waals surface area contributed by atoms with E-state index in [1.807, 2.05) is 0 Å². The van der Waals surface area contributed by atoms with E-state index in [-0.39, 0.29) is 11.4 Å². The first-order valence-corrected chi connectivity index (χ1v) is 5.87. The average molecular weight is 329 g/mol. The Bertz CT molecular complexity index is 650. The molecule has 19 heavy (non-hydrogen) atoms. The van der Waals surface area contributed by atoms with Crippen LogP contribution in [0.15, 0.2) is 34.9 Å². The van der Waals surface area contributed by atoms with Crippen molar-refractivity contribution in [1.29, 1.82) is 0 Å². The Labute approximate surface area is 115 Å². The third-order valence-electron chi connectivity index (χ3n) is 2.27. The van der Waals surface area contributed by atoms with Crippen LogP contribution in [0, 0.1) is 11.6 Å². The summed E-state index contributed by atoms with van der Waals surface area (Å²) in [6.07, 6.45) is 0.895. The highest BCUT2D eigenvalue weighted by molar-refractivity contribution is 9.10. The first-order chi connectivity index (χ1) is 8.97. The lowest BCUT2D eigenvalue weighted by atomic mass is 10.2. The fraction of sp³-hybridized carbons (Fsp3) is 0. The molecular formula is C12H7BrF2N2O2. The Hall–Kier alpha value is -2.02. The molecule has 7 heteroatoms. The van der Waals surface area contributed by atoms with Gasteiger partial charge in [-0.2, -0.15) is 0 Å². The van der Waals surface area contributed by atoms with Crippen molar-refractivity contribution in [3.05, 3.63) is 52.1 Å². The van der Waals surface area contributed by atoms with Gasteiger partial charge in [0.25, 0.3) is 0 Å². The van der Waals surface area contributed by atoms with Crippen molar-refractivity contribution in [1.82, 2.24) is 4.98 Å². The molecule has 2 rings (SSSR count). The van der Waals surface area contributed by atoms with Crippen LogP contribution in [0.25, 0.3) is 0 Å². The summed E-state index contributed by atoms with van der Waals surface area (Å²) in [6.45, 7) is 0. The number of nitrogens with one attached hydrogen (secondary N) is 1. The Morgan fingerprint density at radius 3 is 2.63 bits per heavy atom. The number of aromatic carboxylic acids is 1. The van der Waals surface area contributed by atoms with Crippen molar-refractivity contribution in [3.8, 4) is 0 Å². The number of carboxylic acids is 1. The van der Waals surface area contributed by atoms with Crippen molar-refractivity contribution < 1.29 is 18.7 Å². The SMILES string of the molecule is O=C(O)c1cc(F)cnc1Nc1ccc(F)cc1Br. The smallest absolute Gasteiger partial charge is 0.339 e. The largest absolute Gasteiger partial charge is 0.478 e. The summed E-state index contributed by atoms with van der Waals surface area (Å²) < 4.78 is 26.3. The van der Waals surface area contributed by atoms with Crippen molar-refractivity contribution in [3.63, 3.8) is 0 Å².